The Morgan fingerprint density at radius 1 is 0.404 bits per heavy atom. The fraction of sp³-hybridized carbons (Fsp3) is 0.330. The molecule has 6 heterocycles. The monoisotopic (exact) mass is 1450 g/mol. The summed E-state index contributed by atoms with van der Waals surface area (Å²) in [7, 11) is 3.68. The van der Waals surface area contributed by atoms with Crippen LogP contribution in [0.3, 0.4) is 0 Å². The van der Waals surface area contributed by atoms with Gasteiger partial charge in [0.1, 0.15) is 39.4 Å². The quantitative estimate of drug-likeness (QED) is 0.0613. The molecule has 6 aliphatic heterocycles. The Morgan fingerprint density at radius 2 is 0.679 bits per heavy atom. The Hall–Kier alpha value is -11.4. The number of carboxylic acid groups (broad SMARTS) is 1. The van der Waals surface area contributed by atoms with Gasteiger partial charge in [-0.25, -0.2) is 0 Å². The van der Waals surface area contributed by atoms with Crippen LogP contribution in [0, 0.1) is 22.7 Å². The van der Waals surface area contributed by atoms with E-state index in [0.717, 1.165) is 115 Å². The van der Waals surface area contributed by atoms with Crippen LogP contribution in [0.4, 0.5) is 17.1 Å². The largest absolute Gasteiger partial charge is 0.480 e. The number of nitriles is 2. The molecule has 6 aliphatic rings. The Balaban J connectivity index is 0.000000144. The lowest BCUT2D eigenvalue weighted by molar-refractivity contribution is -0.144. The van der Waals surface area contributed by atoms with Gasteiger partial charge in [0, 0.05) is 83.5 Å². The first-order valence-corrected chi connectivity index (χ1v) is 38.2. The van der Waals surface area contributed by atoms with E-state index >= 15 is 0 Å². The Labute approximate surface area is 641 Å². The third kappa shape index (κ3) is 15.4. The number of likely N-dealkylation sites (N-methyl/N-ethyl adjacent to an activating group) is 1. The Kier molecular flexibility index (Phi) is 23.5. The van der Waals surface area contributed by atoms with Gasteiger partial charge in [0.05, 0.1) is 32.1 Å². The molecule has 0 atom stereocenters. The lowest BCUT2D eigenvalue weighted by Gasteiger charge is -2.44. The number of anilines is 3. The summed E-state index contributed by atoms with van der Waals surface area (Å²) in [6, 6.07) is 96.0. The van der Waals surface area contributed by atoms with Crippen LogP contribution in [0.5, 0.6) is 0 Å². The van der Waals surface area contributed by atoms with Crippen molar-refractivity contribution in [2.75, 3.05) is 114 Å². The molecule has 0 unspecified atom stereocenters. The molecular formula is C91H98N12O6. The minimum Gasteiger partial charge on any atom is -0.480 e. The smallest absolute Gasteiger partial charge is 0.323 e. The lowest BCUT2D eigenvalue weighted by Crippen LogP contribution is -2.57. The SMILES string of the molecule is CN(C)C(=O)C(CCN1CCC2(CC1)C(=O)NCN2c1ccccc1)(c1ccccc1)c1ccccc1.N#CC(CCN1CCC2(CC1)C(=O)N(CC(=O)O)CN2c1ccccc1)(c1ccccc1)c1ccccc1.N#CC(CCN1CCC2(CC1)C(=O)NCN2c1ccccc1)(c1ccccc1)c1ccccc1. The van der Waals surface area contributed by atoms with Crippen LogP contribution in [0.2, 0.25) is 0 Å². The van der Waals surface area contributed by atoms with Gasteiger partial charge in [0.2, 0.25) is 17.7 Å². The van der Waals surface area contributed by atoms with Crippen molar-refractivity contribution < 1.29 is 29.1 Å². The number of nitrogens with zero attached hydrogens (tertiary/aromatic N) is 10. The molecule has 18 heteroatoms. The number of amides is 4. The van der Waals surface area contributed by atoms with Gasteiger partial charge >= 0.3 is 5.97 Å². The summed E-state index contributed by atoms with van der Waals surface area (Å²) < 4.78 is 0. The van der Waals surface area contributed by atoms with E-state index in [-0.39, 0.29) is 36.8 Å². The van der Waals surface area contributed by atoms with Crippen molar-refractivity contribution in [3.05, 3.63) is 306 Å². The van der Waals surface area contributed by atoms with E-state index in [1.54, 1.807) is 4.90 Å². The fourth-order valence-corrected chi connectivity index (χ4v) is 17.8. The molecule has 6 fully saturated rings. The molecule has 9 aromatic rings. The minimum absolute atomic E-state index is 0.0869. The zero-order valence-corrected chi connectivity index (χ0v) is 62.5. The second-order valence-corrected chi connectivity index (χ2v) is 29.9. The first-order valence-electron chi connectivity index (χ1n) is 38.2. The summed E-state index contributed by atoms with van der Waals surface area (Å²) in [6.07, 6.45) is 6.30. The maximum absolute atomic E-state index is 13.9. The van der Waals surface area contributed by atoms with Crippen LogP contribution in [0.15, 0.2) is 273 Å². The van der Waals surface area contributed by atoms with Gasteiger partial charge in [0.25, 0.3) is 5.91 Å². The number of carbonyl (C=O) groups excluding carboxylic acids is 4. The number of carboxylic acids is 1. The van der Waals surface area contributed by atoms with E-state index in [1.807, 2.05) is 214 Å². The van der Waals surface area contributed by atoms with Crippen molar-refractivity contribution in [2.45, 2.75) is 90.6 Å². The molecule has 558 valence electrons. The number of hydrogen-bond donors (Lipinski definition) is 3. The molecule has 18 nitrogen and oxygen atoms in total. The molecule has 9 aromatic carbocycles. The molecule has 0 radical (unpaired) electrons. The van der Waals surface area contributed by atoms with Gasteiger partial charge in [-0.3, -0.25) is 24.0 Å². The lowest BCUT2D eigenvalue weighted by atomic mass is 9.70. The van der Waals surface area contributed by atoms with E-state index in [1.165, 1.54) is 4.90 Å². The van der Waals surface area contributed by atoms with E-state index in [0.29, 0.717) is 65.1 Å². The average molecular weight is 1460 g/mol. The summed E-state index contributed by atoms with van der Waals surface area (Å²) in [5.41, 5.74) is 5.16. The molecule has 0 bridgehead atoms. The Bertz CT molecular complexity index is 4470. The van der Waals surface area contributed by atoms with Crippen LogP contribution < -0.4 is 25.3 Å². The van der Waals surface area contributed by atoms with Crippen LogP contribution in [0.25, 0.3) is 0 Å². The van der Waals surface area contributed by atoms with Crippen molar-refractivity contribution in [3.8, 4) is 12.1 Å². The van der Waals surface area contributed by atoms with Crippen molar-refractivity contribution in [2.24, 2.45) is 0 Å². The summed E-state index contributed by atoms with van der Waals surface area (Å²) in [4.78, 5) is 81.9. The number of piperidine rings is 3. The maximum Gasteiger partial charge on any atom is 0.323 e. The average Bonchev–Trinajstić information content (AvgIpc) is 1.52. The van der Waals surface area contributed by atoms with Crippen LogP contribution >= 0.6 is 0 Å². The third-order valence-corrected chi connectivity index (χ3v) is 23.9. The van der Waals surface area contributed by atoms with Gasteiger partial charge in [-0.1, -0.05) is 237 Å². The highest BCUT2D eigenvalue weighted by atomic mass is 16.4. The van der Waals surface area contributed by atoms with Gasteiger partial charge in [0.15, 0.2) is 0 Å². The molecular weight excluding hydrogens is 1360 g/mol. The van der Waals surface area contributed by atoms with Crippen molar-refractivity contribution >= 4 is 46.7 Å². The zero-order valence-electron chi connectivity index (χ0n) is 62.5. The highest BCUT2D eigenvalue weighted by Gasteiger charge is 2.56. The molecule has 15 rings (SSSR count). The summed E-state index contributed by atoms with van der Waals surface area (Å²) in [6.45, 7) is 8.05. The summed E-state index contributed by atoms with van der Waals surface area (Å²) in [5, 5.41) is 36.5. The summed E-state index contributed by atoms with van der Waals surface area (Å²) >= 11 is 0. The van der Waals surface area contributed by atoms with Crippen molar-refractivity contribution in [1.82, 2.24) is 35.1 Å². The molecule has 0 saturated carbocycles. The summed E-state index contributed by atoms with van der Waals surface area (Å²) in [5.74, 6) is -0.764. The van der Waals surface area contributed by atoms with E-state index < -0.39 is 38.8 Å². The van der Waals surface area contributed by atoms with Crippen LogP contribution in [-0.4, -0.2) is 175 Å². The zero-order chi connectivity index (χ0) is 75.9. The highest BCUT2D eigenvalue weighted by Crippen LogP contribution is 2.45. The predicted molar refractivity (Wildman–Crippen MR) is 427 cm³/mol. The molecule has 3 N–H and O–H groups in total. The fourth-order valence-electron chi connectivity index (χ4n) is 17.8. The second kappa shape index (κ2) is 33.8. The van der Waals surface area contributed by atoms with Gasteiger partial charge < -0.3 is 54.9 Å². The third-order valence-electron chi connectivity index (χ3n) is 23.9. The molecule has 6 saturated heterocycles. The van der Waals surface area contributed by atoms with E-state index in [4.69, 9.17) is 0 Å². The van der Waals surface area contributed by atoms with Gasteiger partial charge in [-0.15, -0.1) is 0 Å². The maximum atomic E-state index is 13.9. The van der Waals surface area contributed by atoms with E-state index in [2.05, 4.69) is 125 Å². The second-order valence-electron chi connectivity index (χ2n) is 29.9. The Morgan fingerprint density at radius 3 is 0.972 bits per heavy atom. The topological polar surface area (TPSA) is 203 Å². The van der Waals surface area contributed by atoms with Gasteiger partial charge in [-0.05, 0) is 134 Å². The number of aliphatic carboxylic acids is 1. The molecule has 0 aliphatic carbocycles. The number of carbonyl (C=O) groups is 5. The standard InChI is InChI=1S/C31H32N4O3.C31H36N4O2.C29H30N4O/c32-23-30(25-10-4-1-5-11-25,26-12-6-2-7-13-26)16-19-33-20-17-31(18-21-33)29(38)34(22-28(36)37)24-35(31)27-14-8-3-9-15-27;1-33(2)29(37)31(25-12-6-3-7-13-25,26-14-8-4-9-15-26)20-23-34-21-18-30(19-22-34)28(36)32-24-35(30)27-16-10-5-11-17-27;30-22-28(24-10-4-1-5-11-24,25-12-6-2-7-13-25)16-19-32-20-17-29(18-21-32)27(34)31-23-33(29)26-14-8-3-9-15-26/h1-15H,16-22,24H2,(H,36,37);3-17H,18-24H2,1-2H3,(H,32,36);1-15H,16-21,23H2,(H,31,34). The number of benzene rings is 9. The number of para-hydroxylation sites is 3. The van der Waals surface area contributed by atoms with Crippen LogP contribution in [-0.2, 0) is 40.2 Å². The molecule has 3 spiro atoms. The number of likely N-dealkylation sites (tertiary alicyclic amines) is 3. The normalized spacial score (nSPS) is 17.7. The van der Waals surface area contributed by atoms with Crippen molar-refractivity contribution in [3.63, 3.8) is 0 Å². The number of nitrogens with one attached hydrogen (secondary N) is 2. The van der Waals surface area contributed by atoms with Crippen LogP contribution in [0.1, 0.15) is 91.2 Å². The van der Waals surface area contributed by atoms with Gasteiger partial charge in [-0.2, -0.15) is 10.5 Å². The minimum atomic E-state index is -1.00. The molecule has 4 amide bonds. The predicted octanol–water partition coefficient (Wildman–Crippen LogP) is 12.3. The first kappa shape index (κ1) is 75.8. The number of rotatable bonds is 21. The van der Waals surface area contributed by atoms with Crippen molar-refractivity contribution in [1.29, 1.82) is 10.5 Å². The molecule has 0 aromatic heterocycles. The first-order chi connectivity index (χ1) is 53.1. The highest BCUT2D eigenvalue weighted by molar-refractivity contribution is 5.96. The van der Waals surface area contributed by atoms with E-state index in [9.17, 15) is 39.6 Å². The molecule has 109 heavy (non-hydrogen) atoms. The number of hydrogen-bond acceptors (Lipinski definition) is 13.